The molecule has 1 aliphatic heterocycles. The highest BCUT2D eigenvalue weighted by atomic mass is 16.2. The van der Waals surface area contributed by atoms with Gasteiger partial charge in [0.25, 0.3) is 5.91 Å². The number of aromatic nitrogens is 1. The van der Waals surface area contributed by atoms with Crippen LogP contribution in [0.15, 0.2) is 60.8 Å². The Kier molecular flexibility index (Phi) is 5.71. The van der Waals surface area contributed by atoms with Gasteiger partial charge in [-0.2, -0.15) is 0 Å². The third-order valence-electron chi connectivity index (χ3n) is 5.52. The van der Waals surface area contributed by atoms with E-state index >= 15 is 0 Å². The quantitative estimate of drug-likeness (QED) is 0.689. The fourth-order valence-corrected chi connectivity index (χ4v) is 4.13. The van der Waals surface area contributed by atoms with Crippen LogP contribution in [0.3, 0.4) is 0 Å². The van der Waals surface area contributed by atoms with Crippen molar-refractivity contribution in [1.29, 1.82) is 0 Å². The van der Waals surface area contributed by atoms with Gasteiger partial charge >= 0.3 is 0 Å². The first-order valence-electron chi connectivity index (χ1n) is 10.4. The molecular weight excluding hydrogens is 388 g/mol. The number of carbonyl (C=O) groups is 2. The highest BCUT2D eigenvalue weighted by molar-refractivity contribution is 6.09. The largest absolute Gasteiger partial charge is 0.377 e. The number of aryl methyl sites for hydroxylation is 1. The number of nitrogens with zero attached hydrogens (tertiary/aromatic N) is 3. The van der Waals surface area contributed by atoms with Gasteiger partial charge in [-0.1, -0.05) is 18.2 Å². The topological polar surface area (TPSA) is 65.5 Å². The maximum Gasteiger partial charge on any atom is 0.257 e. The Balaban J connectivity index is 1.51. The summed E-state index contributed by atoms with van der Waals surface area (Å²) in [4.78, 5) is 33.7. The van der Waals surface area contributed by atoms with Crippen molar-refractivity contribution in [3.8, 4) is 0 Å². The second-order valence-electron chi connectivity index (χ2n) is 7.96. The zero-order chi connectivity index (χ0) is 22.0. The number of fused-ring (bicyclic) bond motifs is 1. The molecule has 0 saturated heterocycles. The van der Waals surface area contributed by atoms with E-state index < -0.39 is 0 Å². The Hall–Kier alpha value is -3.67. The minimum atomic E-state index is -0.145. The molecule has 31 heavy (non-hydrogen) atoms. The lowest BCUT2D eigenvalue weighted by Crippen LogP contribution is -2.30. The Morgan fingerprint density at radius 3 is 2.68 bits per heavy atom. The molecule has 6 heteroatoms. The molecule has 0 saturated carbocycles. The summed E-state index contributed by atoms with van der Waals surface area (Å²) in [6.07, 6.45) is 2.74. The Morgan fingerprint density at radius 1 is 1.10 bits per heavy atom. The SMILES string of the molecule is Cc1cccc(C(=O)Nc2ccc3c(c2)CCN3C(=O)Cc2ccccn2)c1N(C)C. The predicted molar refractivity (Wildman–Crippen MR) is 124 cm³/mol. The van der Waals surface area contributed by atoms with Gasteiger partial charge in [0, 0.05) is 43.9 Å². The summed E-state index contributed by atoms with van der Waals surface area (Å²) >= 11 is 0. The second-order valence-corrected chi connectivity index (χ2v) is 7.96. The van der Waals surface area contributed by atoms with Crippen LogP contribution in [-0.4, -0.2) is 37.4 Å². The molecule has 0 aliphatic carbocycles. The molecule has 0 radical (unpaired) electrons. The van der Waals surface area contributed by atoms with Gasteiger partial charge in [-0.25, -0.2) is 0 Å². The van der Waals surface area contributed by atoms with Gasteiger partial charge in [-0.15, -0.1) is 0 Å². The van der Waals surface area contributed by atoms with Gasteiger partial charge in [-0.05, 0) is 60.9 Å². The van der Waals surface area contributed by atoms with Crippen molar-refractivity contribution < 1.29 is 9.59 Å². The molecule has 2 heterocycles. The number of benzene rings is 2. The van der Waals surface area contributed by atoms with Gasteiger partial charge in [0.2, 0.25) is 5.91 Å². The molecule has 1 aliphatic rings. The molecule has 0 bridgehead atoms. The third kappa shape index (κ3) is 4.28. The van der Waals surface area contributed by atoms with E-state index in [1.807, 2.05) is 80.5 Å². The standard InChI is InChI=1S/C25H26N4O2/c1-17-7-6-9-21(24(17)28(2)3)25(31)27-20-10-11-22-18(15-20)12-14-29(22)23(30)16-19-8-4-5-13-26-19/h4-11,13,15H,12,14,16H2,1-3H3,(H,27,31). The highest BCUT2D eigenvalue weighted by Gasteiger charge is 2.25. The van der Waals surface area contributed by atoms with E-state index in [4.69, 9.17) is 0 Å². The Labute approximate surface area is 182 Å². The van der Waals surface area contributed by atoms with Crippen molar-refractivity contribution in [3.63, 3.8) is 0 Å². The Bertz CT molecular complexity index is 1130. The summed E-state index contributed by atoms with van der Waals surface area (Å²) in [5.41, 5.74) is 6.06. The van der Waals surface area contributed by atoms with E-state index in [-0.39, 0.29) is 18.2 Å². The zero-order valence-electron chi connectivity index (χ0n) is 18.1. The highest BCUT2D eigenvalue weighted by Crippen LogP contribution is 2.31. The number of hydrogen-bond donors (Lipinski definition) is 1. The van der Waals surface area contributed by atoms with Gasteiger partial charge < -0.3 is 15.1 Å². The van der Waals surface area contributed by atoms with E-state index in [9.17, 15) is 9.59 Å². The fraction of sp³-hybridized carbons (Fsp3) is 0.240. The van der Waals surface area contributed by atoms with Crippen molar-refractivity contribution in [2.24, 2.45) is 0 Å². The van der Waals surface area contributed by atoms with Crippen LogP contribution in [0.4, 0.5) is 17.1 Å². The smallest absolute Gasteiger partial charge is 0.257 e. The van der Waals surface area contributed by atoms with Crippen LogP contribution in [0.5, 0.6) is 0 Å². The summed E-state index contributed by atoms with van der Waals surface area (Å²) in [5.74, 6) is -0.113. The number of amides is 2. The average molecular weight is 415 g/mol. The summed E-state index contributed by atoms with van der Waals surface area (Å²) in [7, 11) is 3.87. The molecule has 2 amide bonds. The third-order valence-corrected chi connectivity index (χ3v) is 5.52. The molecule has 4 rings (SSSR count). The van der Waals surface area contributed by atoms with Crippen LogP contribution >= 0.6 is 0 Å². The van der Waals surface area contributed by atoms with Crippen LogP contribution in [0.1, 0.15) is 27.2 Å². The number of rotatable bonds is 5. The van der Waals surface area contributed by atoms with Crippen LogP contribution in [0, 0.1) is 6.92 Å². The van der Waals surface area contributed by atoms with E-state index in [0.717, 1.165) is 40.3 Å². The van der Waals surface area contributed by atoms with E-state index in [1.54, 1.807) is 11.1 Å². The number of carbonyl (C=O) groups excluding carboxylic acids is 2. The lowest BCUT2D eigenvalue weighted by atomic mass is 10.1. The number of hydrogen-bond acceptors (Lipinski definition) is 4. The lowest BCUT2D eigenvalue weighted by molar-refractivity contribution is -0.117. The summed E-state index contributed by atoms with van der Waals surface area (Å²) in [6, 6.07) is 17.1. The molecule has 3 aromatic rings. The summed E-state index contributed by atoms with van der Waals surface area (Å²) in [5, 5.41) is 3.02. The summed E-state index contributed by atoms with van der Waals surface area (Å²) < 4.78 is 0. The second kappa shape index (κ2) is 8.60. The monoisotopic (exact) mass is 414 g/mol. The molecule has 158 valence electrons. The maximum absolute atomic E-state index is 13.0. The minimum Gasteiger partial charge on any atom is -0.377 e. The molecule has 6 nitrogen and oxygen atoms in total. The number of para-hydroxylation sites is 1. The molecule has 0 atom stereocenters. The van der Waals surface area contributed by atoms with Crippen LogP contribution < -0.4 is 15.1 Å². The van der Waals surface area contributed by atoms with Crippen molar-refractivity contribution in [3.05, 3.63) is 83.2 Å². The number of anilines is 3. The molecule has 0 unspecified atom stereocenters. The summed E-state index contributed by atoms with van der Waals surface area (Å²) in [6.45, 7) is 2.64. The van der Waals surface area contributed by atoms with Gasteiger partial charge in [0.1, 0.15) is 0 Å². The zero-order valence-corrected chi connectivity index (χ0v) is 18.1. The molecule has 0 spiro atoms. The molecule has 1 aromatic heterocycles. The predicted octanol–water partition coefficient (Wildman–Crippen LogP) is 3.84. The van der Waals surface area contributed by atoms with E-state index in [0.29, 0.717) is 12.1 Å². The van der Waals surface area contributed by atoms with E-state index in [2.05, 4.69) is 10.3 Å². The van der Waals surface area contributed by atoms with Gasteiger partial charge in [0.15, 0.2) is 0 Å². The maximum atomic E-state index is 13.0. The molecular formula is C25H26N4O2. The van der Waals surface area contributed by atoms with Crippen molar-refractivity contribution in [2.45, 2.75) is 19.8 Å². The van der Waals surface area contributed by atoms with Crippen LogP contribution in [-0.2, 0) is 17.6 Å². The normalized spacial score (nSPS) is 12.4. The van der Waals surface area contributed by atoms with Crippen LogP contribution in [0.25, 0.3) is 0 Å². The average Bonchev–Trinajstić information content (AvgIpc) is 3.17. The first-order valence-corrected chi connectivity index (χ1v) is 10.4. The first-order chi connectivity index (χ1) is 14.9. The van der Waals surface area contributed by atoms with Gasteiger partial charge in [-0.3, -0.25) is 14.6 Å². The number of nitrogens with one attached hydrogen (secondary N) is 1. The number of pyridine rings is 1. The van der Waals surface area contributed by atoms with Crippen molar-refractivity contribution >= 4 is 28.9 Å². The molecule has 2 aromatic carbocycles. The fourth-order valence-electron chi connectivity index (χ4n) is 4.13. The van der Waals surface area contributed by atoms with Crippen LogP contribution in [0.2, 0.25) is 0 Å². The lowest BCUT2D eigenvalue weighted by Gasteiger charge is -2.20. The van der Waals surface area contributed by atoms with Crippen molar-refractivity contribution in [2.75, 3.05) is 35.8 Å². The van der Waals surface area contributed by atoms with E-state index in [1.165, 1.54) is 0 Å². The van der Waals surface area contributed by atoms with Crippen molar-refractivity contribution in [1.82, 2.24) is 4.98 Å². The minimum absolute atomic E-state index is 0.0321. The molecule has 0 fully saturated rings. The van der Waals surface area contributed by atoms with Gasteiger partial charge in [0.05, 0.1) is 17.7 Å². The first kappa shape index (κ1) is 20.6. The Morgan fingerprint density at radius 2 is 1.94 bits per heavy atom. The molecule has 1 N–H and O–H groups in total.